The molecule has 0 radical (unpaired) electrons. The van der Waals surface area contributed by atoms with E-state index in [1.807, 2.05) is 0 Å². The lowest BCUT2D eigenvalue weighted by atomic mass is 10.1. The Balaban J connectivity index is 2.30. The van der Waals surface area contributed by atoms with Crippen LogP contribution in [0.15, 0.2) is 18.5 Å². The standard InChI is InChI=1S/C18H23F3N4O4/c1-17(2,3)29-16(27)24-13(9-28-18(4,10-19)15(20)21)12-7-25-14(23-12)5-11(8-26)6-22-25/h5-8,13,15H,9-10H2,1-4H3,(H,24,27). The van der Waals surface area contributed by atoms with Crippen molar-refractivity contribution >= 4 is 18.0 Å². The van der Waals surface area contributed by atoms with E-state index in [1.165, 1.54) is 23.0 Å². The summed E-state index contributed by atoms with van der Waals surface area (Å²) in [5.41, 5.74) is -2.35. The van der Waals surface area contributed by atoms with Gasteiger partial charge in [0.25, 0.3) is 6.43 Å². The Kier molecular flexibility index (Phi) is 6.83. The second kappa shape index (κ2) is 8.76. The molecule has 2 aromatic rings. The number of aldehydes is 1. The molecule has 160 valence electrons. The number of carbonyl (C=O) groups is 2. The molecule has 2 rings (SSSR count). The number of carbonyl (C=O) groups excluding carboxylic acids is 2. The lowest BCUT2D eigenvalue weighted by Crippen LogP contribution is -2.43. The molecule has 8 nitrogen and oxygen atoms in total. The van der Waals surface area contributed by atoms with Crippen molar-refractivity contribution in [3.05, 3.63) is 29.7 Å². The number of hydrogen-bond donors (Lipinski definition) is 1. The van der Waals surface area contributed by atoms with Crippen molar-refractivity contribution in [3.63, 3.8) is 0 Å². The summed E-state index contributed by atoms with van der Waals surface area (Å²) in [7, 11) is 0. The maximum Gasteiger partial charge on any atom is 0.408 e. The van der Waals surface area contributed by atoms with Crippen molar-refractivity contribution < 1.29 is 32.2 Å². The fourth-order valence-corrected chi connectivity index (χ4v) is 2.23. The van der Waals surface area contributed by atoms with E-state index < -0.39 is 43.0 Å². The van der Waals surface area contributed by atoms with Crippen molar-refractivity contribution in [2.75, 3.05) is 13.3 Å². The summed E-state index contributed by atoms with van der Waals surface area (Å²) in [5.74, 6) is 0. The van der Waals surface area contributed by atoms with Crippen molar-refractivity contribution in [1.82, 2.24) is 19.9 Å². The molecule has 2 heterocycles. The Bertz CT molecular complexity index is 868. The van der Waals surface area contributed by atoms with Crippen molar-refractivity contribution in [2.24, 2.45) is 0 Å². The highest BCUT2D eigenvalue weighted by molar-refractivity contribution is 5.76. The molecule has 0 bridgehead atoms. The van der Waals surface area contributed by atoms with Gasteiger partial charge in [-0.3, -0.25) is 4.79 Å². The summed E-state index contributed by atoms with van der Waals surface area (Å²) in [4.78, 5) is 27.3. The van der Waals surface area contributed by atoms with E-state index in [1.54, 1.807) is 20.8 Å². The van der Waals surface area contributed by atoms with Crippen LogP contribution in [0, 0.1) is 0 Å². The first kappa shape index (κ1) is 22.6. The number of alkyl carbamates (subject to hydrolysis) is 1. The van der Waals surface area contributed by atoms with Gasteiger partial charge in [-0.05, 0) is 33.8 Å². The van der Waals surface area contributed by atoms with Gasteiger partial charge in [0.1, 0.15) is 12.3 Å². The average molecular weight is 416 g/mol. The van der Waals surface area contributed by atoms with Gasteiger partial charge in [-0.15, -0.1) is 0 Å². The molecule has 0 aliphatic heterocycles. The van der Waals surface area contributed by atoms with Gasteiger partial charge in [0.2, 0.25) is 0 Å². The molecule has 1 amide bonds. The number of rotatable bonds is 8. The van der Waals surface area contributed by atoms with E-state index in [2.05, 4.69) is 15.4 Å². The lowest BCUT2D eigenvalue weighted by Gasteiger charge is -2.29. The van der Waals surface area contributed by atoms with Gasteiger partial charge in [-0.2, -0.15) is 5.10 Å². The number of imidazole rings is 1. The zero-order valence-electron chi connectivity index (χ0n) is 16.5. The first-order valence-electron chi connectivity index (χ1n) is 8.75. The third-order valence-electron chi connectivity index (χ3n) is 3.85. The summed E-state index contributed by atoms with van der Waals surface area (Å²) >= 11 is 0. The second-order valence-corrected chi connectivity index (χ2v) is 7.63. The topological polar surface area (TPSA) is 94.8 Å². The number of nitrogens with one attached hydrogen (secondary N) is 1. The minimum absolute atomic E-state index is 0.210. The van der Waals surface area contributed by atoms with Gasteiger partial charge in [0.05, 0.1) is 30.7 Å². The van der Waals surface area contributed by atoms with E-state index in [9.17, 15) is 22.8 Å². The van der Waals surface area contributed by atoms with Crippen LogP contribution < -0.4 is 5.32 Å². The Hall–Kier alpha value is -2.69. The number of aromatic nitrogens is 3. The highest BCUT2D eigenvalue weighted by Gasteiger charge is 2.38. The normalized spacial score (nSPS) is 15.2. The molecule has 29 heavy (non-hydrogen) atoms. The highest BCUT2D eigenvalue weighted by atomic mass is 19.3. The number of amides is 1. The summed E-state index contributed by atoms with van der Waals surface area (Å²) in [6.45, 7) is 4.00. The minimum Gasteiger partial charge on any atom is -0.444 e. The van der Waals surface area contributed by atoms with Crippen molar-refractivity contribution in [1.29, 1.82) is 0 Å². The quantitative estimate of drug-likeness (QED) is 0.665. The Morgan fingerprint density at radius 3 is 2.59 bits per heavy atom. The van der Waals surface area contributed by atoms with Gasteiger partial charge in [0.15, 0.2) is 17.5 Å². The zero-order chi connectivity index (χ0) is 21.8. The number of ether oxygens (including phenoxy) is 2. The van der Waals surface area contributed by atoms with Crippen LogP contribution in [0.2, 0.25) is 0 Å². The number of halogens is 3. The minimum atomic E-state index is -3.08. The fraction of sp³-hybridized carbons (Fsp3) is 0.556. The first-order valence-corrected chi connectivity index (χ1v) is 8.75. The summed E-state index contributed by atoms with van der Waals surface area (Å²) in [6, 6.07) is 0.426. The Labute approximate surface area is 165 Å². The van der Waals surface area contributed by atoms with Crippen molar-refractivity contribution in [2.45, 2.75) is 51.4 Å². The molecular formula is C18H23F3N4O4. The second-order valence-electron chi connectivity index (χ2n) is 7.63. The van der Waals surface area contributed by atoms with Crippen LogP contribution in [0.4, 0.5) is 18.0 Å². The Morgan fingerprint density at radius 1 is 1.34 bits per heavy atom. The van der Waals surface area contributed by atoms with Crippen LogP contribution in [0.5, 0.6) is 0 Å². The smallest absolute Gasteiger partial charge is 0.408 e. The van der Waals surface area contributed by atoms with E-state index in [4.69, 9.17) is 9.47 Å². The number of fused-ring (bicyclic) bond motifs is 1. The van der Waals surface area contributed by atoms with Gasteiger partial charge in [-0.25, -0.2) is 27.5 Å². The molecule has 0 saturated carbocycles. The number of hydrogen-bond acceptors (Lipinski definition) is 6. The molecular weight excluding hydrogens is 393 g/mol. The van der Waals surface area contributed by atoms with Crippen molar-refractivity contribution in [3.8, 4) is 0 Å². The van der Waals surface area contributed by atoms with Crippen LogP contribution in [0.3, 0.4) is 0 Å². The summed E-state index contributed by atoms with van der Waals surface area (Å²) in [6.07, 6.45) is -0.563. The molecule has 2 atom stereocenters. The summed E-state index contributed by atoms with van der Waals surface area (Å²) in [5, 5.41) is 6.49. The highest BCUT2D eigenvalue weighted by Crippen LogP contribution is 2.24. The van der Waals surface area contributed by atoms with Gasteiger partial charge < -0.3 is 14.8 Å². The van der Waals surface area contributed by atoms with Gasteiger partial charge in [0, 0.05) is 5.56 Å². The van der Waals surface area contributed by atoms with Crippen LogP contribution in [-0.4, -0.2) is 57.9 Å². The number of alkyl halides is 3. The van der Waals surface area contributed by atoms with Gasteiger partial charge >= 0.3 is 6.09 Å². The van der Waals surface area contributed by atoms with E-state index >= 15 is 0 Å². The molecule has 2 aromatic heterocycles. The third-order valence-corrected chi connectivity index (χ3v) is 3.85. The molecule has 0 spiro atoms. The van der Waals surface area contributed by atoms with E-state index in [-0.39, 0.29) is 11.3 Å². The molecule has 0 fully saturated rings. The van der Waals surface area contributed by atoms with Crippen LogP contribution in [0.1, 0.15) is 49.8 Å². The molecule has 11 heteroatoms. The lowest BCUT2D eigenvalue weighted by molar-refractivity contribution is -0.143. The van der Waals surface area contributed by atoms with Crippen LogP contribution >= 0.6 is 0 Å². The van der Waals surface area contributed by atoms with E-state index in [0.717, 1.165) is 6.92 Å². The SMILES string of the molecule is CC(C)(C)OC(=O)NC(COC(C)(CF)C(F)F)c1cn2ncc(C=O)cc2n1. The zero-order valence-corrected chi connectivity index (χ0v) is 16.5. The monoisotopic (exact) mass is 416 g/mol. The number of nitrogens with zero attached hydrogens (tertiary/aromatic N) is 3. The first-order chi connectivity index (χ1) is 13.5. The molecule has 1 N–H and O–H groups in total. The molecule has 2 unspecified atom stereocenters. The summed E-state index contributed by atoms with van der Waals surface area (Å²) < 4.78 is 51.0. The predicted octanol–water partition coefficient (Wildman–Crippen LogP) is 3.12. The Morgan fingerprint density at radius 2 is 2.03 bits per heavy atom. The molecule has 0 aliphatic rings. The third kappa shape index (κ3) is 5.89. The molecule has 0 aromatic carbocycles. The van der Waals surface area contributed by atoms with Gasteiger partial charge in [-0.1, -0.05) is 0 Å². The van der Waals surface area contributed by atoms with Crippen LogP contribution in [0.25, 0.3) is 5.65 Å². The largest absolute Gasteiger partial charge is 0.444 e. The predicted molar refractivity (Wildman–Crippen MR) is 96.8 cm³/mol. The fourth-order valence-electron chi connectivity index (χ4n) is 2.23. The molecule has 0 saturated heterocycles. The maximum atomic E-state index is 13.1. The van der Waals surface area contributed by atoms with Crippen LogP contribution in [-0.2, 0) is 9.47 Å². The average Bonchev–Trinajstić information content (AvgIpc) is 3.06. The molecule has 0 aliphatic carbocycles. The van der Waals surface area contributed by atoms with E-state index in [0.29, 0.717) is 11.9 Å². The maximum absolute atomic E-state index is 13.1.